The van der Waals surface area contributed by atoms with E-state index in [-0.39, 0.29) is 5.91 Å². The van der Waals surface area contributed by atoms with E-state index in [0.29, 0.717) is 37.5 Å². The molecular formula is C19H26N4O5. The van der Waals surface area contributed by atoms with Crippen LogP contribution < -0.4 is 9.64 Å². The van der Waals surface area contributed by atoms with Gasteiger partial charge in [0.2, 0.25) is 5.88 Å². The molecule has 0 aromatic carbocycles. The maximum absolute atomic E-state index is 13.0. The number of urea groups is 1. The number of carbonyl (C=O) groups is 3. The van der Waals surface area contributed by atoms with Gasteiger partial charge in [-0.3, -0.25) is 14.6 Å². The van der Waals surface area contributed by atoms with E-state index in [1.807, 2.05) is 20.8 Å². The third-order valence-electron chi connectivity index (χ3n) is 5.04. The Labute approximate surface area is 164 Å². The van der Waals surface area contributed by atoms with Crippen LogP contribution in [-0.4, -0.2) is 71.2 Å². The zero-order valence-corrected chi connectivity index (χ0v) is 16.9. The molecule has 0 saturated carbocycles. The second-order valence-electron chi connectivity index (χ2n) is 8.04. The molecule has 2 aliphatic rings. The van der Waals surface area contributed by atoms with Crippen LogP contribution in [0.4, 0.5) is 15.3 Å². The Hall–Kier alpha value is -2.84. The Morgan fingerprint density at radius 2 is 1.86 bits per heavy atom. The minimum absolute atomic E-state index is 0.267. The lowest BCUT2D eigenvalue weighted by atomic mass is 9.85. The number of methoxy groups -OCH3 is 1. The molecule has 2 saturated heterocycles. The van der Waals surface area contributed by atoms with E-state index >= 15 is 0 Å². The first-order valence-electron chi connectivity index (χ1n) is 9.19. The Bertz CT molecular complexity index is 796. The quantitative estimate of drug-likeness (QED) is 0.719. The van der Waals surface area contributed by atoms with Gasteiger partial charge in [0.05, 0.1) is 12.8 Å². The van der Waals surface area contributed by atoms with Crippen molar-refractivity contribution in [3.63, 3.8) is 0 Å². The maximum Gasteiger partial charge on any atom is 0.410 e. The van der Waals surface area contributed by atoms with Crippen LogP contribution in [0, 0.1) is 0 Å². The number of hydrogen-bond donors (Lipinski definition) is 0. The summed E-state index contributed by atoms with van der Waals surface area (Å²) in [5.41, 5.74) is -1.08. The van der Waals surface area contributed by atoms with E-state index < -0.39 is 23.3 Å². The summed E-state index contributed by atoms with van der Waals surface area (Å²) in [6.45, 7) is 6.07. The summed E-state index contributed by atoms with van der Waals surface area (Å²) in [4.78, 5) is 46.5. The van der Waals surface area contributed by atoms with Gasteiger partial charge in [-0.25, -0.2) is 14.6 Å². The summed E-state index contributed by atoms with van der Waals surface area (Å²) in [7, 11) is 2.97. The number of likely N-dealkylation sites (tertiary alicyclic amines) is 1. The molecule has 0 radical (unpaired) electrons. The molecule has 4 amide bonds. The van der Waals surface area contributed by atoms with E-state index in [0.717, 1.165) is 4.90 Å². The number of anilines is 1. The Kier molecular flexibility index (Phi) is 4.95. The van der Waals surface area contributed by atoms with Gasteiger partial charge < -0.3 is 14.4 Å². The number of nitrogens with zero attached hydrogens (tertiary/aromatic N) is 4. The number of ether oxygens (including phenoxy) is 2. The van der Waals surface area contributed by atoms with Crippen molar-refractivity contribution in [3.05, 3.63) is 18.3 Å². The number of aromatic nitrogens is 1. The molecule has 2 fully saturated rings. The zero-order chi connectivity index (χ0) is 20.7. The van der Waals surface area contributed by atoms with Crippen molar-refractivity contribution in [2.24, 2.45) is 0 Å². The highest BCUT2D eigenvalue weighted by atomic mass is 16.6. The molecule has 3 rings (SSSR count). The SMILES string of the molecule is COc1cc(N2C(=O)N(C)C(=O)C23CCN(C(=O)OC(C)(C)C)CC3)ccn1. The van der Waals surface area contributed by atoms with Crippen molar-refractivity contribution in [1.29, 1.82) is 0 Å². The van der Waals surface area contributed by atoms with Gasteiger partial charge in [-0.1, -0.05) is 0 Å². The first-order valence-corrected chi connectivity index (χ1v) is 9.19. The summed E-state index contributed by atoms with van der Waals surface area (Å²) in [5.74, 6) is 0.0887. The molecule has 2 aliphatic heterocycles. The van der Waals surface area contributed by atoms with E-state index in [4.69, 9.17) is 9.47 Å². The highest BCUT2D eigenvalue weighted by Gasteiger charge is 2.58. The molecular weight excluding hydrogens is 364 g/mol. The fraction of sp³-hybridized carbons (Fsp3) is 0.579. The number of amides is 4. The minimum atomic E-state index is -1.03. The van der Waals surface area contributed by atoms with Crippen LogP contribution in [0.5, 0.6) is 5.88 Å². The number of likely N-dealkylation sites (N-methyl/N-ethyl adjacent to an activating group) is 1. The van der Waals surface area contributed by atoms with Gasteiger partial charge in [0, 0.05) is 32.4 Å². The summed E-state index contributed by atoms with van der Waals surface area (Å²) in [6, 6.07) is 2.91. The van der Waals surface area contributed by atoms with Crippen molar-refractivity contribution in [3.8, 4) is 5.88 Å². The molecule has 28 heavy (non-hydrogen) atoms. The third-order valence-corrected chi connectivity index (χ3v) is 5.04. The van der Waals surface area contributed by atoms with E-state index in [1.54, 1.807) is 17.0 Å². The second-order valence-corrected chi connectivity index (χ2v) is 8.04. The highest BCUT2D eigenvalue weighted by molar-refractivity contribution is 6.16. The summed E-state index contributed by atoms with van der Waals surface area (Å²) in [6.07, 6.45) is 1.77. The van der Waals surface area contributed by atoms with Gasteiger partial charge in [0.15, 0.2) is 0 Å². The molecule has 1 aromatic rings. The lowest BCUT2D eigenvalue weighted by Crippen LogP contribution is -2.58. The molecule has 0 unspecified atom stereocenters. The molecule has 0 bridgehead atoms. The highest BCUT2D eigenvalue weighted by Crippen LogP contribution is 2.40. The Morgan fingerprint density at radius 3 is 2.43 bits per heavy atom. The number of carbonyl (C=O) groups excluding carboxylic acids is 3. The lowest BCUT2D eigenvalue weighted by Gasteiger charge is -2.42. The van der Waals surface area contributed by atoms with Crippen LogP contribution in [0.15, 0.2) is 18.3 Å². The van der Waals surface area contributed by atoms with E-state index in [1.165, 1.54) is 25.3 Å². The van der Waals surface area contributed by atoms with Gasteiger partial charge in [-0.2, -0.15) is 0 Å². The van der Waals surface area contributed by atoms with Gasteiger partial charge in [0.1, 0.15) is 11.1 Å². The topological polar surface area (TPSA) is 92.3 Å². The molecule has 3 heterocycles. The normalized spacial score (nSPS) is 19.4. The van der Waals surface area contributed by atoms with Crippen LogP contribution >= 0.6 is 0 Å². The van der Waals surface area contributed by atoms with Crippen molar-refractivity contribution in [2.45, 2.75) is 44.8 Å². The van der Waals surface area contributed by atoms with Gasteiger partial charge >= 0.3 is 12.1 Å². The third kappa shape index (κ3) is 3.36. The largest absolute Gasteiger partial charge is 0.481 e. The van der Waals surface area contributed by atoms with Crippen molar-refractivity contribution in [1.82, 2.24) is 14.8 Å². The fourth-order valence-corrected chi connectivity index (χ4v) is 3.66. The predicted octanol–water partition coefficient (Wildman–Crippen LogP) is 2.26. The minimum Gasteiger partial charge on any atom is -0.481 e. The predicted molar refractivity (Wildman–Crippen MR) is 101 cm³/mol. The zero-order valence-electron chi connectivity index (χ0n) is 16.9. The number of piperidine rings is 1. The standard InChI is InChI=1S/C19H26N4O5/c1-18(2,3)28-17(26)22-10-7-19(8-11-22)15(24)21(4)16(25)23(19)13-6-9-20-14(12-13)27-5/h6,9,12H,7-8,10-11H2,1-5H3. The maximum atomic E-state index is 13.0. The van der Waals surface area contributed by atoms with Gasteiger partial charge in [-0.15, -0.1) is 0 Å². The Morgan fingerprint density at radius 1 is 1.21 bits per heavy atom. The fourth-order valence-electron chi connectivity index (χ4n) is 3.66. The average molecular weight is 390 g/mol. The average Bonchev–Trinajstić information content (AvgIpc) is 2.82. The van der Waals surface area contributed by atoms with E-state index in [2.05, 4.69) is 4.98 Å². The molecule has 9 heteroatoms. The lowest BCUT2D eigenvalue weighted by molar-refractivity contribution is -0.131. The molecule has 0 aliphatic carbocycles. The van der Waals surface area contributed by atoms with Gasteiger partial charge in [0.25, 0.3) is 5.91 Å². The molecule has 9 nitrogen and oxygen atoms in total. The second kappa shape index (κ2) is 6.96. The number of rotatable bonds is 2. The van der Waals surface area contributed by atoms with Gasteiger partial charge in [-0.05, 0) is 39.7 Å². The summed E-state index contributed by atoms with van der Waals surface area (Å²) in [5, 5.41) is 0. The number of imide groups is 1. The van der Waals surface area contributed by atoms with E-state index in [9.17, 15) is 14.4 Å². The molecule has 152 valence electrons. The van der Waals surface area contributed by atoms with Crippen molar-refractivity contribution >= 4 is 23.7 Å². The number of hydrogen-bond acceptors (Lipinski definition) is 6. The smallest absolute Gasteiger partial charge is 0.410 e. The van der Waals surface area contributed by atoms with Crippen molar-refractivity contribution < 1.29 is 23.9 Å². The molecule has 1 spiro atoms. The number of pyridine rings is 1. The Balaban J connectivity index is 1.87. The molecule has 1 aromatic heterocycles. The first-order chi connectivity index (χ1) is 13.1. The molecule has 0 N–H and O–H groups in total. The monoisotopic (exact) mass is 390 g/mol. The summed E-state index contributed by atoms with van der Waals surface area (Å²) < 4.78 is 10.6. The van der Waals surface area contributed by atoms with Crippen LogP contribution in [-0.2, 0) is 9.53 Å². The van der Waals surface area contributed by atoms with Crippen molar-refractivity contribution in [2.75, 3.05) is 32.1 Å². The van der Waals surface area contributed by atoms with Crippen LogP contribution in [0.25, 0.3) is 0 Å². The van der Waals surface area contributed by atoms with Crippen LogP contribution in [0.3, 0.4) is 0 Å². The van der Waals surface area contributed by atoms with Crippen LogP contribution in [0.2, 0.25) is 0 Å². The first kappa shape index (κ1) is 19.9. The summed E-state index contributed by atoms with van der Waals surface area (Å²) >= 11 is 0. The van der Waals surface area contributed by atoms with Crippen LogP contribution in [0.1, 0.15) is 33.6 Å². The molecule has 0 atom stereocenters.